The predicted octanol–water partition coefficient (Wildman–Crippen LogP) is 2.12. The topological polar surface area (TPSA) is 115 Å². The third kappa shape index (κ3) is 5.77. The van der Waals surface area contributed by atoms with Crippen LogP contribution in [0.2, 0.25) is 0 Å². The van der Waals surface area contributed by atoms with Crippen LogP contribution in [0.1, 0.15) is 12.5 Å². The van der Waals surface area contributed by atoms with Crippen molar-refractivity contribution in [2.45, 2.75) is 19.6 Å². The molecule has 0 aromatic heterocycles. The molecule has 1 unspecified atom stereocenters. The van der Waals surface area contributed by atoms with Crippen molar-refractivity contribution in [3.8, 4) is 0 Å². The number of hydrogen-bond acceptors (Lipinski definition) is 6. The first-order chi connectivity index (χ1) is 11.4. The lowest BCUT2D eigenvalue weighted by atomic mass is 10.1. The van der Waals surface area contributed by atoms with Crippen molar-refractivity contribution in [3.05, 3.63) is 53.1 Å². The molecule has 130 valence electrons. The summed E-state index contributed by atoms with van der Waals surface area (Å²) in [6.45, 7) is 1.93. The Morgan fingerprint density at radius 2 is 2.25 bits per heavy atom. The molecule has 0 amide bonds. The van der Waals surface area contributed by atoms with Gasteiger partial charge in [-0.2, -0.15) is 0 Å². The number of nitrogens with two attached hydrogens (primary N) is 1. The molecule has 0 aliphatic rings. The highest BCUT2D eigenvalue weighted by atomic mass is 35.5. The largest absolute Gasteiger partial charge is 0.404 e. The number of halogens is 2. The summed E-state index contributed by atoms with van der Waals surface area (Å²) in [4.78, 5) is 4.01. The molecule has 0 aliphatic heterocycles. The van der Waals surface area contributed by atoms with E-state index in [9.17, 15) is 14.6 Å². The van der Waals surface area contributed by atoms with Crippen LogP contribution < -0.4 is 11.1 Å². The van der Waals surface area contributed by atoms with Crippen molar-refractivity contribution in [2.24, 2.45) is 10.7 Å². The molecule has 24 heavy (non-hydrogen) atoms. The SMILES string of the molecule is CCN=CC(=CN)C(O)/C(=C/C(=N)Cl)Nc1ccc(F)cc1CO. The Morgan fingerprint density at radius 1 is 1.54 bits per heavy atom. The average molecular weight is 355 g/mol. The molecule has 1 aromatic rings. The molecule has 8 heteroatoms. The number of rotatable bonds is 8. The quantitative estimate of drug-likeness (QED) is 0.460. The van der Waals surface area contributed by atoms with Gasteiger partial charge in [-0.3, -0.25) is 10.4 Å². The first-order valence-electron chi connectivity index (χ1n) is 7.14. The Morgan fingerprint density at radius 3 is 2.79 bits per heavy atom. The van der Waals surface area contributed by atoms with E-state index >= 15 is 0 Å². The average Bonchev–Trinajstić information content (AvgIpc) is 2.55. The Labute approximate surface area is 144 Å². The van der Waals surface area contributed by atoms with Gasteiger partial charge in [0.05, 0.1) is 12.3 Å². The predicted molar refractivity (Wildman–Crippen MR) is 94.9 cm³/mol. The van der Waals surface area contributed by atoms with E-state index in [-0.39, 0.29) is 16.4 Å². The molecule has 1 rings (SSSR count). The second-order valence-corrected chi connectivity index (χ2v) is 5.14. The molecule has 0 radical (unpaired) electrons. The summed E-state index contributed by atoms with van der Waals surface area (Å²) in [6, 6.07) is 3.78. The molecule has 0 heterocycles. The van der Waals surface area contributed by atoms with Crippen LogP contribution in [0.15, 0.2) is 46.7 Å². The zero-order valence-electron chi connectivity index (χ0n) is 13.1. The van der Waals surface area contributed by atoms with Gasteiger partial charge in [-0.1, -0.05) is 11.6 Å². The van der Waals surface area contributed by atoms with Gasteiger partial charge in [0.25, 0.3) is 0 Å². The van der Waals surface area contributed by atoms with Crippen molar-refractivity contribution in [2.75, 3.05) is 11.9 Å². The van der Waals surface area contributed by atoms with E-state index in [2.05, 4.69) is 10.3 Å². The number of hydrogen-bond donors (Lipinski definition) is 5. The van der Waals surface area contributed by atoms with Crippen LogP contribution in [-0.4, -0.2) is 34.2 Å². The van der Waals surface area contributed by atoms with Crippen molar-refractivity contribution in [3.63, 3.8) is 0 Å². The first-order valence-corrected chi connectivity index (χ1v) is 7.52. The van der Waals surface area contributed by atoms with Crippen LogP contribution in [0.25, 0.3) is 0 Å². The van der Waals surface area contributed by atoms with E-state index in [0.29, 0.717) is 17.8 Å². The minimum absolute atomic E-state index is 0.135. The van der Waals surface area contributed by atoms with Crippen molar-refractivity contribution < 1.29 is 14.6 Å². The monoisotopic (exact) mass is 354 g/mol. The lowest BCUT2D eigenvalue weighted by Gasteiger charge is -2.19. The Hall–Kier alpha value is -2.22. The number of anilines is 1. The fraction of sp³-hybridized carbons (Fsp3) is 0.250. The number of aliphatic hydroxyl groups excluding tert-OH is 2. The lowest BCUT2D eigenvalue weighted by Crippen LogP contribution is -2.22. The number of nitrogens with zero attached hydrogens (tertiary/aromatic N) is 1. The molecule has 0 saturated carbocycles. The minimum atomic E-state index is -1.24. The van der Waals surface area contributed by atoms with Crippen molar-refractivity contribution >= 4 is 28.7 Å². The van der Waals surface area contributed by atoms with Gasteiger partial charge < -0.3 is 21.3 Å². The van der Waals surface area contributed by atoms with Gasteiger partial charge in [0.15, 0.2) is 0 Å². The summed E-state index contributed by atoms with van der Waals surface area (Å²) in [7, 11) is 0. The summed E-state index contributed by atoms with van der Waals surface area (Å²) < 4.78 is 13.3. The molecule has 0 bridgehead atoms. The molecule has 6 nitrogen and oxygen atoms in total. The highest BCUT2D eigenvalue weighted by Crippen LogP contribution is 2.22. The van der Waals surface area contributed by atoms with Gasteiger partial charge in [-0.15, -0.1) is 0 Å². The van der Waals surface area contributed by atoms with Crippen LogP contribution in [0.4, 0.5) is 10.1 Å². The third-order valence-electron chi connectivity index (χ3n) is 3.02. The molecule has 6 N–H and O–H groups in total. The van der Waals surface area contributed by atoms with Gasteiger partial charge >= 0.3 is 0 Å². The number of nitrogens with one attached hydrogen (secondary N) is 2. The van der Waals surface area contributed by atoms with Gasteiger partial charge in [0, 0.05) is 35.8 Å². The molecule has 0 saturated heterocycles. The summed E-state index contributed by atoms with van der Waals surface area (Å²) >= 11 is 5.60. The van der Waals surface area contributed by atoms with E-state index in [1.807, 2.05) is 6.92 Å². The summed E-state index contributed by atoms with van der Waals surface area (Å²) in [5, 5.41) is 29.7. The summed E-state index contributed by atoms with van der Waals surface area (Å²) in [5.74, 6) is -0.501. The molecular formula is C16H20ClFN4O2. The number of benzene rings is 1. The second-order valence-electron chi connectivity index (χ2n) is 4.73. The smallest absolute Gasteiger partial charge is 0.123 e. The fourth-order valence-corrected chi connectivity index (χ4v) is 1.99. The Balaban J connectivity index is 3.20. The highest BCUT2D eigenvalue weighted by Gasteiger charge is 2.17. The van der Waals surface area contributed by atoms with Gasteiger partial charge in [0.1, 0.15) is 17.1 Å². The lowest BCUT2D eigenvalue weighted by molar-refractivity contribution is 0.254. The van der Waals surface area contributed by atoms with E-state index in [1.165, 1.54) is 30.6 Å². The van der Waals surface area contributed by atoms with E-state index < -0.39 is 18.5 Å². The van der Waals surface area contributed by atoms with Crippen LogP contribution >= 0.6 is 11.6 Å². The third-order valence-corrected chi connectivity index (χ3v) is 3.13. The van der Waals surface area contributed by atoms with Gasteiger partial charge in [-0.25, -0.2) is 4.39 Å². The molecule has 0 spiro atoms. The second kappa shape index (κ2) is 9.82. The summed E-state index contributed by atoms with van der Waals surface area (Å²) in [5.41, 5.74) is 6.59. The van der Waals surface area contributed by atoms with E-state index in [0.717, 1.165) is 6.07 Å². The van der Waals surface area contributed by atoms with E-state index in [1.54, 1.807) is 0 Å². The van der Waals surface area contributed by atoms with Crippen LogP contribution in [0.5, 0.6) is 0 Å². The number of aliphatic hydroxyl groups is 2. The molecule has 0 aliphatic carbocycles. The maximum atomic E-state index is 13.3. The zero-order valence-corrected chi connectivity index (χ0v) is 13.9. The van der Waals surface area contributed by atoms with Gasteiger partial charge in [0.2, 0.25) is 0 Å². The molecular weight excluding hydrogens is 335 g/mol. The standard InChI is InChI=1S/C16H20ClFN4O2/c1-2-21-8-11(7-19)16(24)14(6-15(17)20)22-13-4-3-12(18)5-10(13)9-23/h3-8,16,20,22-24H,2,9,19H2,1H3/b11-7?,14-6-,20-15?,21-8?. The van der Waals surface area contributed by atoms with Crippen molar-refractivity contribution in [1.82, 2.24) is 0 Å². The molecule has 1 aromatic carbocycles. The van der Waals surface area contributed by atoms with Crippen molar-refractivity contribution in [1.29, 1.82) is 5.41 Å². The number of allylic oxidation sites excluding steroid dienone is 1. The Bertz CT molecular complexity index is 674. The molecule has 0 fully saturated rings. The molecule has 1 atom stereocenters. The van der Waals surface area contributed by atoms with Crippen LogP contribution in [-0.2, 0) is 6.61 Å². The minimum Gasteiger partial charge on any atom is -0.404 e. The van der Waals surface area contributed by atoms with Gasteiger partial charge in [-0.05, 0) is 31.2 Å². The van der Waals surface area contributed by atoms with Crippen LogP contribution in [0.3, 0.4) is 0 Å². The maximum absolute atomic E-state index is 13.3. The maximum Gasteiger partial charge on any atom is 0.123 e. The fourth-order valence-electron chi connectivity index (χ4n) is 1.87. The normalized spacial score (nSPS) is 14.0. The Kier molecular flexibility index (Phi) is 8.11. The van der Waals surface area contributed by atoms with Crippen LogP contribution in [0, 0.1) is 11.2 Å². The highest BCUT2D eigenvalue weighted by molar-refractivity contribution is 6.67. The summed E-state index contributed by atoms with van der Waals surface area (Å²) in [6.07, 6.45) is 2.56. The number of aliphatic imine (C=N–C) groups is 1. The van der Waals surface area contributed by atoms with E-state index in [4.69, 9.17) is 22.7 Å². The zero-order chi connectivity index (χ0) is 18.1. The first kappa shape index (κ1) is 19.8.